The lowest BCUT2D eigenvalue weighted by Gasteiger charge is -2.55. The predicted octanol–water partition coefficient (Wildman–Crippen LogP) is 1.92. The van der Waals surface area contributed by atoms with Crippen LogP contribution in [0.3, 0.4) is 0 Å². The van der Waals surface area contributed by atoms with E-state index in [4.69, 9.17) is 4.74 Å². The Morgan fingerprint density at radius 2 is 2.08 bits per heavy atom. The van der Waals surface area contributed by atoms with Gasteiger partial charge in [0.25, 0.3) is 5.91 Å². The molecule has 140 valence electrons. The summed E-state index contributed by atoms with van der Waals surface area (Å²) in [4.78, 5) is 12.6. The zero-order valence-electron chi connectivity index (χ0n) is 15.6. The molecule has 0 aromatic carbocycles. The Bertz CT molecular complexity index is 578. The van der Waals surface area contributed by atoms with Crippen LogP contribution >= 0.6 is 0 Å². The van der Waals surface area contributed by atoms with E-state index in [1.807, 2.05) is 11.6 Å². The van der Waals surface area contributed by atoms with Crippen LogP contribution in [-0.4, -0.2) is 52.7 Å². The van der Waals surface area contributed by atoms with Gasteiger partial charge >= 0.3 is 0 Å². The average Bonchev–Trinajstić information content (AvgIpc) is 3.13. The second-order valence-electron chi connectivity index (χ2n) is 7.21. The first-order chi connectivity index (χ1) is 12.1. The number of aromatic nitrogens is 3. The maximum absolute atomic E-state index is 12.6. The summed E-state index contributed by atoms with van der Waals surface area (Å²) in [6, 6.07) is 0.488. The van der Waals surface area contributed by atoms with Crippen LogP contribution in [-0.2, 0) is 4.74 Å². The lowest BCUT2D eigenvalue weighted by molar-refractivity contribution is -0.134. The van der Waals surface area contributed by atoms with Gasteiger partial charge in [0.1, 0.15) is 0 Å². The Morgan fingerprint density at radius 1 is 1.36 bits per heavy atom. The van der Waals surface area contributed by atoms with Gasteiger partial charge in [-0.25, -0.2) is 4.68 Å². The number of hydrogen-bond donors (Lipinski definition) is 2. The second-order valence-corrected chi connectivity index (χ2v) is 7.21. The van der Waals surface area contributed by atoms with Crippen molar-refractivity contribution < 1.29 is 9.53 Å². The molecule has 1 saturated heterocycles. The quantitative estimate of drug-likeness (QED) is 0.786. The summed E-state index contributed by atoms with van der Waals surface area (Å²) in [5, 5.41) is 14.8. The monoisotopic (exact) mass is 349 g/mol. The highest BCUT2D eigenvalue weighted by Gasteiger charge is 2.54. The molecule has 1 aromatic heterocycles. The fourth-order valence-corrected chi connectivity index (χ4v) is 4.45. The van der Waals surface area contributed by atoms with E-state index in [-0.39, 0.29) is 23.5 Å². The van der Waals surface area contributed by atoms with Crippen molar-refractivity contribution in [3.8, 4) is 0 Å². The van der Waals surface area contributed by atoms with Crippen molar-refractivity contribution in [2.45, 2.75) is 71.1 Å². The van der Waals surface area contributed by atoms with Crippen molar-refractivity contribution in [1.82, 2.24) is 25.6 Å². The Morgan fingerprint density at radius 3 is 2.72 bits per heavy atom. The molecule has 1 amide bonds. The van der Waals surface area contributed by atoms with Crippen LogP contribution in [0.15, 0.2) is 6.20 Å². The van der Waals surface area contributed by atoms with Crippen molar-refractivity contribution in [1.29, 1.82) is 0 Å². The minimum absolute atomic E-state index is 0.0384. The summed E-state index contributed by atoms with van der Waals surface area (Å²) in [7, 11) is 0. The highest BCUT2D eigenvalue weighted by molar-refractivity contribution is 5.92. The van der Waals surface area contributed by atoms with E-state index in [9.17, 15) is 4.79 Å². The van der Waals surface area contributed by atoms with Gasteiger partial charge in [-0.1, -0.05) is 19.1 Å². The van der Waals surface area contributed by atoms with Crippen molar-refractivity contribution in [3.63, 3.8) is 0 Å². The van der Waals surface area contributed by atoms with Crippen molar-refractivity contribution in [2.24, 2.45) is 5.41 Å². The van der Waals surface area contributed by atoms with Crippen LogP contribution in [0.4, 0.5) is 0 Å². The number of carbonyl (C=O) groups excluding carboxylic acids is 1. The first kappa shape index (κ1) is 18.3. The number of carbonyl (C=O) groups is 1. The van der Waals surface area contributed by atoms with Gasteiger partial charge in [0, 0.05) is 18.1 Å². The molecular formula is C18H31N5O2. The first-order valence-electron chi connectivity index (χ1n) is 9.69. The van der Waals surface area contributed by atoms with Gasteiger partial charge in [0.05, 0.1) is 18.3 Å². The summed E-state index contributed by atoms with van der Waals surface area (Å²) >= 11 is 0. The smallest absolute Gasteiger partial charge is 0.273 e. The molecule has 1 aliphatic heterocycles. The molecule has 2 N–H and O–H groups in total. The molecule has 2 atom stereocenters. The molecule has 3 rings (SSSR count). The third-order valence-corrected chi connectivity index (χ3v) is 6.20. The minimum Gasteiger partial charge on any atom is -0.378 e. The largest absolute Gasteiger partial charge is 0.378 e. The third kappa shape index (κ3) is 3.44. The van der Waals surface area contributed by atoms with Gasteiger partial charge in [0.15, 0.2) is 5.69 Å². The molecule has 0 bridgehead atoms. The maximum atomic E-state index is 12.6. The summed E-state index contributed by atoms with van der Waals surface area (Å²) < 4.78 is 7.74. The van der Waals surface area contributed by atoms with Crippen molar-refractivity contribution in [2.75, 3.05) is 19.7 Å². The Hall–Kier alpha value is -1.47. The minimum atomic E-state index is -0.119. The number of ether oxygens (including phenoxy) is 1. The highest BCUT2D eigenvalue weighted by atomic mass is 16.5. The predicted molar refractivity (Wildman–Crippen MR) is 95.5 cm³/mol. The SMILES string of the molecule is CCO[C@H]1C[C@H](NC(=O)c2cn(C3CCNCC3)nn2)C1(CC)CC. The van der Waals surface area contributed by atoms with Gasteiger partial charge in [-0.3, -0.25) is 4.79 Å². The molecule has 7 nitrogen and oxygen atoms in total. The molecule has 0 unspecified atom stereocenters. The number of nitrogens with zero attached hydrogens (tertiary/aromatic N) is 3. The first-order valence-corrected chi connectivity index (χ1v) is 9.69. The highest BCUT2D eigenvalue weighted by Crippen LogP contribution is 2.48. The Kier molecular flexibility index (Phi) is 5.74. The number of rotatable bonds is 7. The van der Waals surface area contributed by atoms with Crippen molar-refractivity contribution in [3.05, 3.63) is 11.9 Å². The molecule has 1 saturated carbocycles. The lowest BCUT2D eigenvalue weighted by atomic mass is 9.58. The van der Waals surface area contributed by atoms with Gasteiger partial charge in [0.2, 0.25) is 0 Å². The van der Waals surface area contributed by atoms with Crippen LogP contribution in [0, 0.1) is 5.41 Å². The Balaban J connectivity index is 1.63. The number of amides is 1. The molecular weight excluding hydrogens is 318 g/mol. The van der Waals surface area contributed by atoms with Crippen LogP contribution in [0.2, 0.25) is 0 Å². The van der Waals surface area contributed by atoms with Crippen LogP contribution in [0.5, 0.6) is 0 Å². The van der Waals surface area contributed by atoms with E-state index in [1.54, 1.807) is 6.20 Å². The van der Waals surface area contributed by atoms with Gasteiger partial charge in [-0.2, -0.15) is 0 Å². The molecule has 0 radical (unpaired) electrons. The zero-order chi connectivity index (χ0) is 17.9. The van der Waals surface area contributed by atoms with E-state index < -0.39 is 0 Å². The number of nitrogens with one attached hydrogen (secondary N) is 2. The van der Waals surface area contributed by atoms with Crippen LogP contribution < -0.4 is 10.6 Å². The van der Waals surface area contributed by atoms with Crippen LogP contribution in [0.25, 0.3) is 0 Å². The van der Waals surface area contributed by atoms with Crippen molar-refractivity contribution >= 4 is 5.91 Å². The standard InChI is InChI=1S/C18H31N5O2/c1-4-18(5-2)15(11-16(18)25-6-3)20-17(24)14-12-23(22-21-14)13-7-9-19-10-8-13/h12-13,15-16,19H,4-11H2,1-3H3,(H,20,24)/t15-,16-/m0/s1. The maximum Gasteiger partial charge on any atom is 0.273 e. The summed E-state index contributed by atoms with van der Waals surface area (Å²) in [5.74, 6) is -0.119. The lowest BCUT2D eigenvalue weighted by Crippen LogP contribution is -2.64. The van der Waals surface area contributed by atoms with E-state index in [0.29, 0.717) is 11.7 Å². The van der Waals surface area contributed by atoms with E-state index in [0.717, 1.165) is 51.8 Å². The van der Waals surface area contributed by atoms with Crippen LogP contribution in [0.1, 0.15) is 69.4 Å². The molecule has 7 heteroatoms. The Labute approximate surface area is 149 Å². The summed E-state index contributed by atoms with van der Waals surface area (Å²) in [6.07, 6.45) is 6.97. The van der Waals surface area contributed by atoms with Gasteiger partial charge in [-0.15, -0.1) is 5.10 Å². The fraction of sp³-hybridized carbons (Fsp3) is 0.833. The summed E-state index contributed by atoms with van der Waals surface area (Å²) in [6.45, 7) is 9.09. The topological polar surface area (TPSA) is 81.1 Å². The fourth-order valence-electron chi connectivity index (χ4n) is 4.45. The molecule has 2 fully saturated rings. The van der Waals surface area contributed by atoms with E-state index in [2.05, 4.69) is 34.8 Å². The average molecular weight is 349 g/mol. The molecule has 25 heavy (non-hydrogen) atoms. The molecule has 0 spiro atoms. The molecule has 1 aromatic rings. The number of piperidine rings is 1. The third-order valence-electron chi connectivity index (χ3n) is 6.20. The normalized spacial score (nSPS) is 26.2. The second kappa shape index (κ2) is 7.83. The molecule has 2 heterocycles. The summed E-state index contributed by atoms with van der Waals surface area (Å²) in [5.41, 5.74) is 0.455. The molecule has 1 aliphatic carbocycles. The number of hydrogen-bond acceptors (Lipinski definition) is 5. The van der Waals surface area contributed by atoms with Gasteiger partial charge in [-0.05, 0) is 52.1 Å². The van der Waals surface area contributed by atoms with Gasteiger partial charge < -0.3 is 15.4 Å². The van der Waals surface area contributed by atoms with E-state index >= 15 is 0 Å². The van der Waals surface area contributed by atoms with E-state index in [1.165, 1.54) is 0 Å². The zero-order valence-corrected chi connectivity index (χ0v) is 15.6. The molecule has 2 aliphatic rings.